The molecule has 14 nitrogen and oxygen atoms in total. The number of piperazine rings is 1. The van der Waals surface area contributed by atoms with Crippen molar-refractivity contribution in [3.8, 4) is 18.1 Å². The number of nitrogens with zero attached hydrogens (tertiary/aromatic N) is 6. The van der Waals surface area contributed by atoms with E-state index >= 15 is 0 Å². The highest BCUT2D eigenvalue weighted by molar-refractivity contribution is 6.31. The minimum absolute atomic E-state index is 0.0484. The summed E-state index contributed by atoms with van der Waals surface area (Å²) in [4.78, 5) is 80.5. The zero-order chi connectivity index (χ0) is 38.9. The van der Waals surface area contributed by atoms with Gasteiger partial charge in [0.25, 0.3) is 17.7 Å². The van der Waals surface area contributed by atoms with Gasteiger partial charge in [0.15, 0.2) is 0 Å². The maximum absolute atomic E-state index is 13.3. The summed E-state index contributed by atoms with van der Waals surface area (Å²) in [7, 11) is 0. The number of terminal acetylenes is 1. The van der Waals surface area contributed by atoms with Crippen molar-refractivity contribution in [2.24, 2.45) is 0 Å². The van der Waals surface area contributed by atoms with E-state index in [1.807, 2.05) is 12.1 Å². The first-order valence-corrected chi connectivity index (χ1v) is 19.7. The van der Waals surface area contributed by atoms with Gasteiger partial charge in [0.2, 0.25) is 17.8 Å². The predicted octanol–water partition coefficient (Wildman–Crippen LogP) is 3.42. The Kier molecular flexibility index (Phi) is 10.6. The molecule has 0 spiro atoms. The monoisotopic (exact) mass is 778 g/mol. The first kappa shape index (κ1) is 37.4. The van der Waals surface area contributed by atoms with Crippen molar-refractivity contribution in [3.05, 3.63) is 76.1 Å². The Morgan fingerprint density at radius 3 is 2.23 bits per heavy atom. The number of benzene rings is 2. The van der Waals surface area contributed by atoms with E-state index in [1.165, 1.54) is 0 Å². The van der Waals surface area contributed by atoms with Gasteiger partial charge in [0.1, 0.15) is 11.8 Å². The third-order valence-corrected chi connectivity index (χ3v) is 12.0. The number of hydrogen-bond donors (Lipinski definition) is 2. The number of nitrogens with one attached hydrogen (secondary N) is 2. The molecule has 5 heterocycles. The molecule has 1 unspecified atom stereocenters. The minimum atomic E-state index is -0.979. The van der Waals surface area contributed by atoms with E-state index < -0.39 is 29.7 Å². The van der Waals surface area contributed by atoms with Crippen LogP contribution in [0.5, 0.6) is 5.75 Å². The Morgan fingerprint density at radius 1 is 0.839 bits per heavy atom. The topological polar surface area (TPSA) is 157 Å². The normalized spacial score (nSPS) is 23.4. The lowest BCUT2D eigenvalue weighted by Crippen LogP contribution is -2.54. The van der Waals surface area contributed by atoms with E-state index in [0.29, 0.717) is 39.5 Å². The predicted molar refractivity (Wildman–Crippen MR) is 208 cm³/mol. The van der Waals surface area contributed by atoms with Crippen molar-refractivity contribution >= 4 is 52.8 Å². The molecule has 2 N–H and O–H groups in total. The van der Waals surface area contributed by atoms with Gasteiger partial charge in [-0.25, -0.2) is 9.97 Å². The second-order valence-corrected chi connectivity index (χ2v) is 15.4. The fourth-order valence-corrected chi connectivity index (χ4v) is 8.73. The lowest BCUT2D eigenvalue weighted by molar-refractivity contribution is -0.136. The molecule has 2 aromatic carbocycles. The molecule has 1 atom stereocenters. The molecule has 0 radical (unpaired) electrons. The van der Waals surface area contributed by atoms with Gasteiger partial charge in [0.05, 0.1) is 27.8 Å². The SMILES string of the molecule is C#Cc1ccc(OC2CCC(NC(=O)c3cnc(N4CCN(C5CCN(c6ccc7c(c6)C(=O)N(C6CCC(=O)NC6=O)C7=O)CC5)CC4)nc3)CC2)cc1Cl. The Balaban J connectivity index is 0.772. The zero-order valence-electron chi connectivity index (χ0n) is 30.9. The van der Waals surface area contributed by atoms with Crippen molar-refractivity contribution < 1.29 is 28.7 Å². The minimum Gasteiger partial charge on any atom is -0.490 e. The van der Waals surface area contributed by atoms with Crippen LogP contribution in [0.4, 0.5) is 11.6 Å². The number of imide groups is 2. The van der Waals surface area contributed by atoms with Gasteiger partial charge in [-0.15, -0.1) is 6.42 Å². The van der Waals surface area contributed by atoms with Crippen LogP contribution in [0.15, 0.2) is 48.8 Å². The van der Waals surface area contributed by atoms with Crippen LogP contribution in [-0.4, -0.2) is 113 Å². The largest absolute Gasteiger partial charge is 0.490 e. The van der Waals surface area contributed by atoms with Crippen molar-refractivity contribution in [1.82, 2.24) is 30.4 Å². The summed E-state index contributed by atoms with van der Waals surface area (Å²) in [6.45, 7) is 4.92. The van der Waals surface area contributed by atoms with Gasteiger partial charge in [-0.3, -0.25) is 39.1 Å². The van der Waals surface area contributed by atoms with Crippen LogP contribution in [-0.2, 0) is 9.59 Å². The molecule has 15 heteroatoms. The van der Waals surface area contributed by atoms with E-state index in [0.717, 1.165) is 88.4 Å². The molecule has 3 saturated heterocycles. The number of fused-ring (bicyclic) bond motifs is 1. The molecule has 1 saturated carbocycles. The number of piperidine rings is 2. The molecular weight excluding hydrogens is 736 g/mol. The van der Waals surface area contributed by atoms with Crippen LogP contribution < -0.4 is 25.2 Å². The van der Waals surface area contributed by atoms with E-state index in [9.17, 15) is 24.0 Å². The molecular formula is C41H43ClN8O6. The maximum Gasteiger partial charge on any atom is 0.262 e. The van der Waals surface area contributed by atoms with Crippen LogP contribution in [0.25, 0.3) is 0 Å². The summed E-state index contributed by atoms with van der Waals surface area (Å²) in [5.41, 5.74) is 2.53. The number of carbonyl (C=O) groups is 5. The van der Waals surface area contributed by atoms with Gasteiger partial charge in [-0.1, -0.05) is 17.5 Å². The van der Waals surface area contributed by atoms with Crippen molar-refractivity contribution in [2.45, 2.75) is 75.6 Å². The van der Waals surface area contributed by atoms with E-state index in [2.05, 4.69) is 41.2 Å². The summed E-state index contributed by atoms with van der Waals surface area (Å²) < 4.78 is 6.12. The number of halogens is 1. The van der Waals surface area contributed by atoms with Gasteiger partial charge < -0.3 is 19.9 Å². The highest BCUT2D eigenvalue weighted by Gasteiger charge is 2.45. The van der Waals surface area contributed by atoms with Crippen LogP contribution in [0, 0.1) is 12.3 Å². The molecule has 3 aromatic rings. The van der Waals surface area contributed by atoms with Gasteiger partial charge in [0, 0.05) is 87.5 Å². The smallest absolute Gasteiger partial charge is 0.262 e. The van der Waals surface area contributed by atoms with Crippen LogP contribution in [0.1, 0.15) is 88.0 Å². The highest BCUT2D eigenvalue weighted by Crippen LogP contribution is 2.33. The summed E-state index contributed by atoms with van der Waals surface area (Å²) in [5, 5.41) is 5.87. The number of aromatic nitrogens is 2. The van der Waals surface area contributed by atoms with E-state index in [1.54, 1.807) is 36.7 Å². The first-order chi connectivity index (χ1) is 27.1. The number of hydrogen-bond acceptors (Lipinski definition) is 11. The van der Waals surface area contributed by atoms with Crippen LogP contribution in [0.3, 0.4) is 0 Å². The molecule has 4 aliphatic heterocycles. The summed E-state index contributed by atoms with van der Waals surface area (Å²) in [6, 6.07) is 10.2. The highest BCUT2D eigenvalue weighted by atomic mass is 35.5. The summed E-state index contributed by atoms with van der Waals surface area (Å²) in [5.74, 6) is 1.68. The molecule has 5 aliphatic rings. The lowest BCUT2D eigenvalue weighted by Gasteiger charge is -2.43. The molecule has 290 valence electrons. The number of amides is 5. The number of carbonyl (C=O) groups excluding carboxylic acids is 5. The van der Waals surface area contributed by atoms with Crippen molar-refractivity contribution in [1.29, 1.82) is 0 Å². The fourth-order valence-electron chi connectivity index (χ4n) is 8.51. The Morgan fingerprint density at radius 2 is 1.55 bits per heavy atom. The molecule has 0 bridgehead atoms. The van der Waals surface area contributed by atoms with Crippen LogP contribution in [0.2, 0.25) is 5.02 Å². The Hall–Kier alpha value is -5.52. The maximum atomic E-state index is 13.3. The second kappa shape index (κ2) is 15.9. The van der Waals surface area contributed by atoms with Crippen molar-refractivity contribution in [3.63, 3.8) is 0 Å². The average Bonchev–Trinajstić information content (AvgIpc) is 3.46. The summed E-state index contributed by atoms with van der Waals surface area (Å²) in [6.07, 6.45) is 14.1. The van der Waals surface area contributed by atoms with E-state index in [-0.39, 0.29) is 36.5 Å². The molecule has 1 aromatic heterocycles. The standard InChI is InChI=1S/C41H43ClN8O6/c1-2-25-3-7-31(22-34(25)42)56-30-8-4-27(5-9-30)45-37(52)26-23-43-41(44-24-26)49-19-17-48(18-20-49)28-13-15-47(16-14-28)29-6-10-32-33(21-29)40(55)50(39(32)54)35-11-12-36(51)46-38(35)53/h1,3,6-7,10,21-24,27-28,30,35H,4-5,8-9,11-20H2,(H,45,52)(H,46,51,53). The third-order valence-electron chi connectivity index (χ3n) is 11.7. The molecule has 8 rings (SSSR count). The Labute approximate surface area is 329 Å². The molecule has 4 fully saturated rings. The summed E-state index contributed by atoms with van der Waals surface area (Å²) >= 11 is 6.22. The van der Waals surface area contributed by atoms with Crippen molar-refractivity contribution in [2.75, 3.05) is 49.1 Å². The van der Waals surface area contributed by atoms with Crippen LogP contribution >= 0.6 is 11.6 Å². The molecule has 5 amide bonds. The average molecular weight is 779 g/mol. The number of anilines is 2. The second-order valence-electron chi connectivity index (χ2n) is 15.0. The zero-order valence-corrected chi connectivity index (χ0v) is 31.7. The van der Waals surface area contributed by atoms with Gasteiger partial charge in [-0.05, 0) is 75.3 Å². The Bertz CT molecular complexity index is 2080. The third kappa shape index (κ3) is 7.66. The first-order valence-electron chi connectivity index (χ1n) is 19.3. The lowest BCUT2D eigenvalue weighted by atomic mass is 9.92. The van der Waals surface area contributed by atoms with Gasteiger partial charge >= 0.3 is 0 Å². The molecule has 1 aliphatic carbocycles. The fraction of sp³-hybridized carbons (Fsp3) is 0.439. The number of ether oxygens (including phenoxy) is 1. The van der Waals surface area contributed by atoms with E-state index in [4.69, 9.17) is 22.8 Å². The quantitative estimate of drug-likeness (QED) is 0.255. The molecule has 56 heavy (non-hydrogen) atoms. The number of rotatable bonds is 8. The van der Waals surface area contributed by atoms with Gasteiger partial charge in [-0.2, -0.15) is 0 Å².